The molecule has 0 aromatic heterocycles. The minimum atomic E-state index is 0.721. The van der Waals surface area contributed by atoms with E-state index in [1.165, 1.54) is 48.2 Å². The molecular weight excluding hydrogens is 182 g/mol. The van der Waals surface area contributed by atoms with Gasteiger partial charge in [-0.25, -0.2) is 0 Å². The van der Waals surface area contributed by atoms with E-state index in [1.807, 2.05) is 6.20 Å². The van der Waals surface area contributed by atoms with Crippen LogP contribution < -0.4 is 15.8 Å². The Morgan fingerprint density at radius 2 is 1.80 bits per heavy atom. The summed E-state index contributed by atoms with van der Waals surface area (Å²) in [6.07, 6.45) is 8.87. The number of hydrogen-bond acceptors (Lipinski definition) is 0. The quantitative estimate of drug-likeness (QED) is 0.652. The van der Waals surface area contributed by atoms with E-state index in [2.05, 4.69) is 29.6 Å². The molecule has 77 valence electrons. The third-order valence-electron chi connectivity index (χ3n) is 3.57. The first-order valence-electron chi connectivity index (χ1n) is 5.95. The van der Waals surface area contributed by atoms with Crippen molar-refractivity contribution >= 4 is 11.9 Å². The van der Waals surface area contributed by atoms with Gasteiger partial charge in [0.2, 0.25) is 0 Å². The van der Waals surface area contributed by atoms with Crippen LogP contribution in [0, 0.1) is 5.92 Å². The van der Waals surface area contributed by atoms with E-state index in [0.717, 1.165) is 5.92 Å². The lowest BCUT2D eigenvalue weighted by Gasteiger charge is -2.22. The van der Waals surface area contributed by atoms with Crippen molar-refractivity contribution in [1.82, 2.24) is 5.32 Å². The van der Waals surface area contributed by atoms with E-state index in [-0.39, 0.29) is 0 Å². The molecule has 1 aliphatic heterocycles. The second kappa shape index (κ2) is 3.73. The lowest BCUT2D eigenvalue weighted by Crippen LogP contribution is -2.25. The maximum absolute atomic E-state index is 4.62. The minimum absolute atomic E-state index is 0.721. The Bertz CT molecular complexity index is 466. The number of fused-ring (bicyclic) bond motifs is 1. The van der Waals surface area contributed by atoms with E-state index in [0.29, 0.717) is 0 Å². The molecule has 1 heterocycles. The molecule has 1 aromatic rings. The van der Waals surface area contributed by atoms with Gasteiger partial charge in [-0.15, -0.1) is 0 Å². The van der Waals surface area contributed by atoms with Crippen molar-refractivity contribution in [2.24, 2.45) is 5.92 Å². The van der Waals surface area contributed by atoms with Gasteiger partial charge in [0.15, 0.2) is 0 Å². The Hall–Kier alpha value is -1.24. The Morgan fingerprint density at radius 3 is 2.67 bits per heavy atom. The standard InChI is InChI=1S/C14H16N/c1-2-6-11(7-3-1)14-13-9-5-4-8-12(13)10-15-14/h4-5,8-11H,1-3,6-7H2. The molecule has 1 aromatic carbocycles. The third kappa shape index (κ3) is 1.56. The summed E-state index contributed by atoms with van der Waals surface area (Å²) in [5.74, 6) is 0.721. The molecule has 1 nitrogen and oxygen atoms in total. The summed E-state index contributed by atoms with van der Waals surface area (Å²) in [7, 11) is 0. The fraction of sp³-hybridized carbons (Fsp3) is 0.429. The highest BCUT2D eigenvalue weighted by atomic mass is 14.9. The van der Waals surface area contributed by atoms with Gasteiger partial charge >= 0.3 is 0 Å². The molecule has 1 fully saturated rings. The molecule has 0 saturated heterocycles. The van der Waals surface area contributed by atoms with Crippen molar-refractivity contribution < 1.29 is 0 Å². The first-order chi connectivity index (χ1) is 7.45. The van der Waals surface area contributed by atoms with Crippen LogP contribution in [0.5, 0.6) is 0 Å². The summed E-state index contributed by atoms with van der Waals surface area (Å²) in [4.78, 5) is 0. The Kier molecular flexibility index (Phi) is 2.24. The predicted molar refractivity (Wildman–Crippen MR) is 62.3 cm³/mol. The van der Waals surface area contributed by atoms with Crippen LogP contribution >= 0.6 is 0 Å². The molecule has 0 bridgehead atoms. The van der Waals surface area contributed by atoms with Gasteiger partial charge < -0.3 is 0 Å². The highest BCUT2D eigenvalue weighted by molar-refractivity contribution is 5.57. The minimum Gasteiger partial charge on any atom is -0.260 e. The van der Waals surface area contributed by atoms with E-state index >= 15 is 0 Å². The smallest absolute Gasteiger partial charge is 0.0513 e. The molecule has 0 atom stereocenters. The number of benzene rings is 1. The van der Waals surface area contributed by atoms with Gasteiger partial charge in [-0.3, -0.25) is 5.32 Å². The van der Waals surface area contributed by atoms with Crippen LogP contribution in [0.25, 0.3) is 11.9 Å². The summed E-state index contributed by atoms with van der Waals surface area (Å²) in [5, 5.41) is 7.30. The predicted octanol–water partition coefficient (Wildman–Crippen LogP) is 1.73. The van der Waals surface area contributed by atoms with Gasteiger partial charge in [0.25, 0.3) is 0 Å². The molecule has 15 heavy (non-hydrogen) atoms. The molecule has 1 aliphatic carbocycles. The van der Waals surface area contributed by atoms with Gasteiger partial charge in [0, 0.05) is 22.6 Å². The average molecular weight is 198 g/mol. The average Bonchev–Trinajstić information content (AvgIpc) is 2.74. The fourth-order valence-corrected chi connectivity index (χ4v) is 2.75. The normalized spacial score (nSPS) is 20.7. The van der Waals surface area contributed by atoms with Gasteiger partial charge in [-0.2, -0.15) is 0 Å². The van der Waals surface area contributed by atoms with Crippen molar-refractivity contribution in [3.8, 4) is 0 Å². The summed E-state index contributed by atoms with van der Waals surface area (Å²) < 4.78 is 0. The second-order valence-corrected chi connectivity index (χ2v) is 4.57. The van der Waals surface area contributed by atoms with Crippen LogP contribution in [-0.4, -0.2) is 0 Å². The van der Waals surface area contributed by atoms with Crippen LogP contribution in [0.2, 0.25) is 0 Å². The van der Waals surface area contributed by atoms with Crippen molar-refractivity contribution in [3.63, 3.8) is 0 Å². The number of nitrogens with zero attached hydrogens (tertiary/aromatic N) is 1. The highest BCUT2D eigenvalue weighted by Gasteiger charge is 2.20. The molecule has 3 rings (SSSR count). The van der Waals surface area contributed by atoms with E-state index in [9.17, 15) is 0 Å². The largest absolute Gasteiger partial charge is 0.260 e. The highest BCUT2D eigenvalue weighted by Crippen LogP contribution is 2.29. The maximum Gasteiger partial charge on any atom is 0.0513 e. The zero-order chi connectivity index (χ0) is 10.1. The molecule has 1 radical (unpaired) electrons. The lowest BCUT2D eigenvalue weighted by atomic mass is 9.86. The molecule has 0 spiro atoms. The van der Waals surface area contributed by atoms with Crippen molar-refractivity contribution in [2.45, 2.75) is 32.1 Å². The SMILES string of the molecule is C1=c2ccccc2=C(C2CCCCC2)[N]1. The topological polar surface area (TPSA) is 14.1 Å². The van der Waals surface area contributed by atoms with Gasteiger partial charge in [0.1, 0.15) is 0 Å². The van der Waals surface area contributed by atoms with E-state index in [4.69, 9.17) is 0 Å². The summed E-state index contributed by atoms with van der Waals surface area (Å²) >= 11 is 0. The summed E-state index contributed by atoms with van der Waals surface area (Å²) in [5.41, 5.74) is 1.35. The summed E-state index contributed by atoms with van der Waals surface area (Å²) in [6, 6.07) is 8.59. The molecular formula is C14H16N. The number of hydrogen-bond donors (Lipinski definition) is 0. The maximum atomic E-state index is 4.62. The van der Waals surface area contributed by atoms with E-state index < -0.39 is 0 Å². The van der Waals surface area contributed by atoms with Crippen LogP contribution in [0.4, 0.5) is 0 Å². The Morgan fingerprint density at radius 1 is 1.00 bits per heavy atom. The summed E-state index contributed by atoms with van der Waals surface area (Å²) in [6.45, 7) is 0. The Balaban J connectivity index is 2.04. The van der Waals surface area contributed by atoms with Crippen LogP contribution in [0.15, 0.2) is 24.3 Å². The lowest BCUT2D eigenvalue weighted by molar-refractivity contribution is 0.421. The van der Waals surface area contributed by atoms with Crippen LogP contribution in [0.1, 0.15) is 32.1 Å². The van der Waals surface area contributed by atoms with Crippen molar-refractivity contribution in [1.29, 1.82) is 0 Å². The zero-order valence-corrected chi connectivity index (χ0v) is 8.95. The van der Waals surface area contributed by atoms with Gasteiger partial charge in [-0.05, 0) is 12.8 Å². The molecule has 2 aliphatic rings. The van der Waals surface area contributed by atoms with Gasteiger partial charge in [0.05, 0.1) is 5.70 Å². The molecule has 0 amide bonds. The van der Waals surface area contributed by atoms with E-state index in [1.54, 1.807) is 0 Å². The molecule has 1 heteroatoms. The van der Waals surface area contributed by atoms with Crippen molar-refractivity contribution in [3.05, 3.63) is 34.7 Å². The molecule has 0 N–H and O–H groups in total. The first kappa shape index (κ1) is 9.02. The first-order valence-corrected chi connectivity index (χ1v) is 5.95. The molecule has 1 saturated carbocycles. The molecule has 0 unspecified atom stereocenters. The third-order valence-corrected chi connectivity index (χ3v) is 3.57. The Labute approximate surface area is 90.5 Å². The zero-order valence-electron chi connectivity index (χ0n) is 8.95. The second-order valence-electron chi connectivity index (χ2n) is 4.57. The monoisotopic (exact) mass is 198 g/mol. The van der Waals surface area contributed by atoms with Crippen LogP contribution in [-0.2, 0) is 0 Å². The van der Waals surface area contributed by atoms with Crippen molar-refractivity contribution in [2.75, 3.05) is 0 Å². The van der Waals surface area contributed by atoms with Gasteiger partial charge in [-0.1, -0.05) is 43.5 Å². The fourth-order valence-electron chi connectivity index (χ4n) is 2.75. The number of rotatable bonds is 1. The van der Waals surface area contributed by atoms with Crippen LogP contribution in [0.3, 0.4) is 0 Å².